The molecule has 0 aromatic heterocycles. The van der Waals surface area contributed by atoms with Crippen LogP contribution in [0.25, 0.3) is 0 Å². The summed E-state index contributed by atoms with van der Waals surface area (Å²) in [6.45, 7) is -2.30. The molecule has 0 aliphatic carbocycles. The Kier molecular flexibility index (Phi) is 6.72. The fourth-order valence-electron chi connectivity index (χ4n) is 1.85. The maximum absolute atomic E-state index is 13.0. The van der Waals surface area contributed by atoms with Crippen molar-refractivity contribution in [1.82, 2.24) is 5.32 Å². The molecule has 1 aliphatic rings. The second kappa shape index (κ2) is 7.89. The Morgan fingerprint density at radius 2 is 2.17 bits per heavy atom. The number of hydrogen-bond acceptors (Lipinski definition) is 4. The van der Waals surface area contributed by atoms with Gasteiger partial charge in [0.2, 0.25) is 5.91 Å². The van der Waals surface area contributed by atoms with Crippen LogP contribution < -0.4 is 20.7 Å². The number of amides is 2. The highest BCUT2D eigenvalue weighted by molar-refractivity contribution is 9.10. The number of hydrogen-bond donors (Lipinski definition) is 2. The van der Waals surface area contributed by atoms with Crippen LogP contribution in [0.4, 0.5) is 14.5 Å². The van der Waals surface area contributed by atoms with E-state index in [1.165, 1.54) is 4.90 Å². The minimum absolute atomic E-state index is 0. The average molecular weight is 415 g/mol. The normalized spacial score (nSPS) is 13.7. The van der Waals surface area contributed by atoms with Gasteiger partial charge in [-0.05, 0) is 18.2 Å². The Morgan fingerprint density at radius 1 is 1.48 bits per heavy atom. The van der Waals surface area contributed by atoms with E-state index in [1.54, 1.807) is 18.2 Å². The number of carbonyl (C=O) groups excluding carboxylic acids is 2. The summed E-state index contributed by atoms with van der Waals surface area (Å²) in [5.74, 6) is -3.85. The van der Waals surface area contributed by atoms with Crippen molar-refractivity contribution in [3.05, 3.63) is 22.7 Å². The predicted molar refractivity (Wildman–Crippen MR) is 86.2 cm³/mol. The van der Waals surface area contributed by atoms with E-state index in [-0.39, 0.29) is 25.6 Å². The summed E-state index contributed by atoms with van der Waals surface area (Å²) >= 11 is 3.27. The second-order valence-electron chi connectivity index (χ2n) is 4.72. The Balaban J connectivity index is 0.00000264. The average Bonchev–Trinajstić information content (AvgIpc) is 2.48. The lowest BCUT2D eigenvalue weighted by Crippen LogP contribution is -2.48. The Labute approximate surface area is 145 Å². The van der Waals surface area contributed by atoms with Gasteiger partial charge in [0.05, 0.1) is 18.8 Å². The fraction of sp³-hybridized carbons (Fsp3) is 0.385. The highest BCUT2D eigenvalue weighted by atomic mass is 79.9. The van der Waals surface area contributed by atoms with Crippen molar-refractivity contribution >= 4 is 45.8 Å². The van der Waals surface area contributed by atoms with E-state index >= 15 is 0 Å². The molecule has 2 rings (SSSR count). The van der Waals surface area contributed by atoms with Gasteiger partial charge in [0.15, 0.2) is 6.61 Å². The highest BCUT2D eigenvalue weighted by Gasteiger charge is 2.30. The molecular weight excluding hydrogens is 400 g/mol. The third-order valence-corrected chi connectivity index (χ3v) is 3.50. The first kappa shape index (κ1) is 19.6. The van der Waals surface area contributed by atoms with Gasteiger partial charge in [-0.2, -0.15) is 0 Å². The number of nitrogens with two attached hydrogens (primary N) is 1. The Hall–Kier alpha value is -1.45. The molecule has 1 aromatic carbocycles. The fourth-order valence-corrected chi connectivity index (χ4v) is 2.19. The molecule has 23 heavy (non-hydrogen) atoms. The number of rotatable bonds is 5. The maximum Gasteiger partial charge on any atom is 0.277 e. The number of benzene rings is 1. The van der Waals surface area contributed by atoms with E-state index in [0.717, 1.165) is 4.47 Å². The molecule has 6 nitrogen and oxygen atoms in total. The molecule has 0 spiro atoms. The van der Waals surface area contributed by atoms with Gasteiger partial charge in [-0.3, -0.25) is 14.5 Å². The van der Waals surface area contributed by atoms with Crippen LogP contribution in [0.3, 0.4) is 0 Å². The van der Waals surface area contributed by atoms with Crippen molar-refractivity contribution in [2.75, 3.05) is 31.1 Å². The summed E-state index contributed by atoms with van der Waals surface area (Å²) in [4.78, 5) is 24.8. The summed E-state index contributed by atoms with van der Waals surface area (Å²) in [6.07, 6.45) is 0. The zero-order valence-corrected chi connectivity index (χ0v) is 14.3. The van der Waals surface area contributed by atoms with E-state index < -0.39 is 30.8 Å². The second-order valence-corrected chi connectivity index (χ2v) is 5.63. The van der Waals surface area contributed by atoms with Crippen LogP contribution in [0.15, 0.2) is 22.7 Å². The molecule has 0 radical (unpaired) electrons. The molecule has 0 fully saturated rings. The number of halogens is 4. The SMILES string of the molecule is Cl.NCC(F)(F)CNC(=O)CN1C(=O)COc2cc(Br)ccc21. The lowest BCUT2D eigenvalue weighted by atomic mass is 10.2. The van der Waals surface area contributed by atoms with Crippen LogP contribution in [0, 0.1) is 0 Å². The third-order valence-electron chi connectivity index (χ3n) is 3.01. The van der Waals surface area contributed by atoms with Crippen molar-refractivity contribution in [2.45, 2.75) is 5.92 Å². The molecule has 1 aliphatic heterocycles. The first-order chi connectivity index (χ1) is 10.3. The smallest absolute Gasteiger partial charge is 0.277 e. The number of anilines is 1. The minimum atomic E-state index is -3.17. The Bertz CT molecular complexity index is 604. The first-order valence-corrected chi connectivity index (χ1v) is 7.19. The predicted octanol–water partition coefficient (Wildman–Crippen LogP) is 1.31. The molecule has 0 bridgehead atoms. The van der Waals surface area contributed by atoms with Gasteiger partial charge in [0.25, 0.3) is 11.8 Å². The number of nitrogens with zero attached hydrogens (tertiary/aromatic N) is 1. The minimum Gasteiger partial charge on any atom is -0.482 e. The highest BCUT2D eigenvalue weighted by Crippen LogP contribution is 2.34. The third kappa shape index (κ3) is 5.02. The maximum atomic E-state index is 13.0. The van der Waals surface area contributed by atoms with Gasteiger partial charge in [-0.15, -0.1) is 12.4 Å². The van der Waals surface area contributed by atoms with Gasteiger partial charge in [0, 0.05) is 4.47 Å². The molecule has 0 unspecified atom stereocenters. The van der Waals surface area contributed by atoms with E-state index in [4.69, 9.17) is 10.5 Å². The number of ether oxygens (including phenoxy) is 1. The van der Waals surface area contributed by atoms with Gasteiger partial charge >= 0.3 is 0 Å². The molecule has 128 valence electrons. The molecule has 2 amide bonds. The largest absolute Gasteiger partial charge is 0.482 e. The zero-order chi connectivity index (χ0) is 16.3. The zero-order valence-electron chi connectivity index (χ0n) is 11.9. The van der Waals surface area contributed by atoms with Crippen molar-refractivity contribution < 1.29 is 23.1 Å². The summed E-state index contributed by atoms with van der Waals surface area (Å²) in [6, 6.07) is 4.96. The quantitative estimate of drug-likeness (QED) is 0.761. The van der Waals surface area contributed by atoms with E-state index in [0.29, 0.717) is 11.4 Å². The van der Waals surface area contributed by atoms with Crippen molar-refractivity contribution in [3.8, 4) is 5.75 Å². The molecule has 0 saturated heterocycles. The molecule has 1 aromatic rings. The van der Waals surface area contributed by atoms with Gasteiger partial charge < -0.3 is 15.8 Å². The van der Waals surface area contributed by atoms with Crippen molar-refractivity contribution in [2.24, 2.45) is 5.73 Å². The monoisotopic (exact) mass is 413 g/mol. The van der Waals surface area contributed by atoms with Crippen LogP contribution in [-0.4, -0.2) is 44.0 Å². The van der Waals surface area contributed by atoms with E-state index in [1.807, 2.05) is 0 Å². The van der Waals surface area contributed by atoms with Crippen LogP contribution in [-0.2, 0) is 9.59 Å². The van der Waals surface area contributed by atoms with E-state index in [9.17, 15) is 18.4 Å². The van der Waals surface area contributed by atoms with Crippen molar-refractivity contribution in [1.29, 1.82) is 0 Å². The van der Waals surface area contributed by atoms with Crippen LogP contribution >= 0.6 is 28.3 Å². The van der Waals surface area contributed by atoms with Gasteiger partial charge in [-0.1, -0.05) is 15.9 Å². The summed E-state index contributed by atoms with van der Waals surface area (Å²) in [5.41, 5.74) is 5.31. The standard InChI is InChI=1S/C13H14BrF2N3O3.ClH/c14-8-1-2-9-10(3-8)22-5-12(21)19(9)4-11(20)18-7-13(15,16)6-17;/h1-3H,4-7,17H2,(H,18,20);1H. The molecule has 3 N–H and O–H groups in total. The van der Waals surface area contributed by atoms with E-state index in [2.05, 4.69) is 21.2 Å². The molecular formula is C13H15BrClF2N3O3. The topological polar surface area (TPSA) is 84.7 Å². The molecule has 0 atom stereocenters. The Morgan fingerprint density at radius 3 is 2.83 bits per heavy atom. The lowest BCUT2D eigenvalue weighted by Gasteiger charge is -2.29. The number of alkyl halides is 2. The first-order valence-electron chi connectivity index (χ1n) is 6.40. The van der Waals surface area contributed by atoms with Crippen LogP contribution in [0.1, 0.15) is 0 Å². The molecule has 0 saturated carbocycles. The van der Waals surface area contributed by atoms with Crippen molar-refractivity contribution in [3.63, 3.8) is 0 Å². The molecule has 1 heterocycles. The number of fused-ring (bicyclic) bond motifs is 1. The summed E-state index contributed by atoms with van der Waals surface area (Å²) < 4.78 is 32.0. The van der Waals surface area contributed by atoms with Gasteiger partial charge in [0.1, 0.15) is 12.3 Å². The van der Waals surface area contributed by atoms with Crippen LogP contribution in [0.2, 0.25) is 0 Å². The number of nitrogens with one attached hydrogen (secondary N) is 1. The lowest BCUT2D eigenvalue weighted by molar-refractivity contribution is -0.126. The van der Waals surface area contributed by atoms with Gasteiger partial charge in [-0.25, -0.2) is 8.78 Å². The molecule has 10 heteroatoms. The summed E-state index contributed by atoms with van der Waals surface area (Å²) in [5, 5.41) is 2.07. The number of carbonyl (C=O) groups is 2. The van der Waals surface area contributed by atoms with Crippen LogP contribution in [0.5, 0.6) is 5.75 Å². The summed E-state index contributed by atoms with van der Waals surface area (Å²) in [7, 11) is 0.